The summed E-state index contributed by atoms with van der Waals surface area (Å²) in [6.45, 7) is -0.164. The van der Waals surface area contributed by atoms with Crippen LogP contribution < -0.4 is 0 Å². The summed E-state index contributed by atoms with van der Waals surface area (Å²) in [7, 11) is 1.11. The van der Waals surface area contributed by atoms with Gasteiger partial charge in [0.15, 0.2) is 12.4 Å². The lowest BCUT2D eigenvalue weighted by Crippen LogP contribution is -2.60. The summed E-state index contributed by atoms with van der Waals surface area (Å²) in [5.74, 6) is -0.877. The van der Waals surface area contributed by atoms with Crippen LogP contribution >= 0.6 is 0 Å². The number of rotatable bonds is 5. The zero-order valence-corrected chi connectivity index (χ0v) is 10.4. The maximum absolute atomic E-state index is 11.3. The first kappa shape index (κ1) is 16.0. The molecule has 1 heterocycles. The highest BCUT2D eigenvalue weighted by Crippen LogP contribution is 2.22. The number of aliphatic hydroxyl groups is 4. The van der Waals surface area contributed by atoms with E-state index in [-0.39, 0.29) is 13.2 Å². The molecule has 0 aromatic heterocycles. The minimum absolute atomic E-state index is 0.000997. The van der Waals surface area contributed by atoms with Crippen molar-refractivity contribution < 1.29 is 39.4 Å². The molecule has 0 radical (unpaired) electrons. The van der Waals surface area contributed by atoms with Crippen molar-refractivity contribution in [2.24, 2.45) is 0 Å². The summed E-state index contributed by atoms with van der Waals surface area (Å²) in [6.07, 6.45) is -4.53. The largest absolute Gasteiger partial charge is 0.467 e. The normalized spacial score (nSPS) is 35.5. The van der Waals surface area contributed by atoms with Crippen LogP contribution in [0.1, 0.15) is 0 Å². The van der Waals surface area contributed by atoms with Gasteiger partial charge >= 0.3 is 5.97 Å². The van der Waals surface area contributed by atoms with Crippen LogP contribution in [0.4, 0.5) is 0 Å². The van der Waals surface area contributed by atoms with Gasteiger partial charge in [-0.2, -0.15) is 0 Å². The highest BCUT2D eigenvalue weighted by Gasteiger charge is 2.47. The minimum atomic E-state index is -1.60. The van der Waals surface area contributed by atoms with Crippen molar-refractivity contribution in [3.63, 3.8) is 0 Å². The smallest absolute Gasteiger partial charge is 0.337 e. The van der Waals surface area contributed by atoms with E-state index in [1.54, 1.807) is 0 Å². The molecular weight excluding hydrogens is 260 g/mol. The molecule has 0 amide bonds. The van der Waals surface area contributed by atoms with E-state index in [4.69, 9.17) is 14.6 Å². The number of aliphatic hydroxyl groups excluding tert-OH is 4. The zero-order chi connectivity index (χ0) is 14.4. The molecule has 110 valence electrons. The van der Waals surface area contributed by atoms with Gasteiger partial charge in [-0.15, -0.1) is 0 Å². The fourth-order valence-electron chi connectivity index (χ4n) is 1.59. The molecule has 1 fully saturated rings. The molecule has 0 aliphatic carbocycles. The maximum atomic E-state index is 11.3. The minimum Gasteiger partial charge on any atom is -0.467 e. The van der Waals surface area contributed by atoms with E-state index in [9.17, 15) is 20.1 Å². The van der Waals surface area contributed by atoms with Crippen LogP contribution in [-0.2, 0) is 19.0 Å². The van der Waals surface area contributed by atoms with E-state index < -0.39 is 36.7 Å². The first-order chi connectivity index (χ1) is 9.02. The lowest BCUT2D eigenvalue weighted by atomic mass is 9.99. The molecule has 8 nitrogen and oxygen atoms in total. The number of hydrogen-bond acceptors (Lipinski definition) is 8. The summed E-state index contributed by atoms with van der Waals surface area (Å²) >= 11 is 0. The van der Waals surface area contributed by atoms with Gasteiger partial charge in [0, 0.05) is 0 Å². The standard InChI is InChI=1S/C11H18O8/c1-17-10(16)9-7(14)6(13)8(15)11(19-9)18-5-3-2-4-12/h2-3,6-9,11-15H,4-5H2,1H3/b3-2-/t6-,7-,8+,9-,11+/m0/s1. The number of carbonyl (C=O) groups is 1. The third-order valence-electron chi connectivity index (χ3n) is 2.63. The number of methoxy groups -OCH3 is 1. The third-order valence-corrected chi connectivity index (χ3v) is 2.63. The first-order valence-electron chi connectivity index (χ1n) is 5.67. The van der Waals surface area contributed by atoms with Crippen molar-refractivity contribution in [1.29, 1.82) is 0 Å². The Morgan fingerprint density at radius 2 is 1.89 bits per heavy atom. The summed E-state index contributed by atoms with van der Waals surface area (Å²) in [5, 5.41) is 37.4. The number of ether oxygens (including phenoxy) is 3. The Hall–Kier alpha value is -1.03. The van der Waals surface area contributed by atoms with Crippen LogP contribution in [0.25, 0.3) is 0 Å². The van der Waals surface area contributed by atoms with Crippen LogP contribution in [0.5, 0.6) is 0 Å². The summed E-state index contributed by atoms with van der Waals surface area (Å²) in [4.78, 5) is 11.3. The lowest BCUT2D eigenvalue weighted by molar-refractivity contribution is -0.292. The van der Waals surface area contributed by atoms with Gasteiger partial charge in [-0.25, -0.2) is 4.79 Å². The fourth-order valence-corrected chi connectivity index (χ4v) is 1.59. The molecule has 0 aromatic carbocycles. The SMILES string of the molecule is COC(=O)[C@H]1O[C@@H](OC/C=C\CO)[C@H](O)[C@@H](O)[C@@H]1O. The van der Waals surface area contributed by atoms with Gasteiger partial charge in [0.25, 0.3) is 0 Å². The fraction of sp³-hybridized carbons (Fsp3) is 0.727. The van der Waals surface area contributed by atoms with E-state index in [1.807, 2.05) is 0 Å². The van der Waals surface area contributed by atoms with Gasteiger partial charge in [-0.1, -0.05) is 12.2 Å². The lowest BCUT2D eigenvalue weighted by Gasteiger charge is -2.38. The van der Waals surface area contributed by atoms with Gasteiger partial charge in [0.05, 0.1) is 20.3 Å². The topological polar surface area (TPSA) is 126 Å². The second-order valence-electron chi connectivity index (χ2n) is 3.91. The number of hydrogen-bond donors (Lipinski definition) is 4. The van der Waals surface area contributed by atoms with Crippen LogP contribution in [0.2, 0.25) is 0 Å². The molecule has 0 spiro atoms. The van der Waals surface area contributed by atoms with E-state index in [2.05, 4.69) is 4.74 Å². The Kier molecular flexibility index (Phi) is 6.35. The Balaban J connectivity index is 2.65. The predicted molar refractivity (Wildman–Crippen MR) is 60.9 cm³/mol. The molecule has 19 heavy (non-hydrogen) atoms. The highest BCUT2D eigenvalue weighted by molar-refractivity contribution is 5.75. The van der Waals surface area contributed by atoms with Gasteiger partial charge < -0.3 is 34.6 Å². The summed E-state index contributed by atoms with van der Waals surface area (Å²) < 4.78 is 14.6. The first-order valence-corrected chi connectivity index (χ1v) is 5.67. The third kappa shape index (κ3) is 3.96. The van der Waals surface area contributed by atoms with Crippen molar-refractivity contribution in [3.05, 3.63) is 12.2 Å². The average molecular weight is 278 g/mol. The van der Waals surface area contributed by atoms with Crippen molar-refractivity contribution in [2.75, 3.05) is 20.3 Å². The molecule has 0 saturated carbocycles. The number of esters is 1. The van der Waals surface area contributed by atoms with Crippen LogP contribution in [0, 0.1) is 0 Å². The molecule has 1 aliphatic rings. The van der Waals surface area contributed by atoms with Crippen molar-refractivity contribution in [2.45, 2.75) is 30.7 Å². The molecule has 0 aromatic rings. The van der Waals surface area contributed by atoms with Crippen LogP contribution in [-0.4, -0.2) is 77.4 Å². The van der Waals surface area contributed by atoms with E-state index in [0.717, 1.165) is 7.11 Å². The van der Waals surface area contributed by atoms with Crippen molar-refractivity contribution in [3.8, 4) is 0 Å². The monoisotopic (exact) mass is 278 g/mol. The van der Waals surface area contributed by atoms with Gasteiger partial charge in [0.2, 0.25) is 0 Å². The quantitative estimate of drug-likeness (QED) is 0.322. The second kappa shape index (κ2) is 7.53. The van der Waals surface area contributed by atoms with E-state index in [0.29, 0.717) is 0 Å². The van der Waals surface area contributed by atoms with Crippen molar-refractivity contribution in [1.82, 2.24) is 0 Å². The van der Waals surface area contributed by atoms with Gasteiger partial charge in [0.1, 0.15) is 18.3 Å². The molecular formula is C11H18O8. The van der Waals surface area contributed by atoms with Gasteiger partial charge in [-0.3, -0.25) is 0 Å². The van der Waals surface area contributed by atoms with Crippen LogP contribution in [0.3, 0.4) is 0 Å². The number of carbonyl (C=O) groups excluding carboxylic acids is 1. The molecule has 1 rings (SSSR count). The Morgan fingerprint density at radius 3 is 2.47 bits per heavy atom. The van der Waals surface area contributed by atoms with E-state index >= 15 is 0 Å². The van der Waals surface area contributed by atoms with E-state index in [1.165, 1.54) is 12.2 Å². The Labute approximate surface area is 109 Å². The summed E-state index contributed by atoms with van der Waals surface area (Å²) in [6, 6.07) is 0. The molecule has 5 atom stereocenters. The predicted octanol–water partition coefficient (Wildman–Crippen LogP) is -2.47. The average Bonchev–Trinajstić information content (AvgIpc) is 2.42. The molecule has 4 N–H and O–H groups in total. The highest BCUT2D eigenvalue weighted by atomic mass is 16.7. The molecule has 8 heteroatoms. The molecule has 1 saturated heterocycles. The second-order valence-corrected chi connectivity index (χ2v) is 3.91. The van der Waals surface area contributed by atoms with Gasteiger partial charge in [-0.05, 0) is 0 Å². The Morgan fingerprint density at radius 1 is 1.21 bits per heavy atom. The zero-order valence-electron chi connectivity index (χ0n) is 10.4. The molecule has 0 unspecified atom stereocenters. The van der Waals surface area contributed by atoms with Crippen LogP contribution in [0.15, 0.2) is 12.2 Å². The maximum Gasteiger partial charge on any atom is 0.337 e. The summed E-state index contributed by atoms with van der Waals surface area (Å²) in [5.41, 5.74) is 0. The van der Waals surface area contributed by atoms with Crippen molar-refractivity contribution >= 4 is 5.97 Å². The Bertz CT molecular complexity index is 318. The molecule has 0 bridgehead atoms. The molecule has 1 aliphatic heterocycles.